The Morgan fingerprint density at radius 2 is 2.00 bits per heavy atom. The van der Waals surface area contributed by atoms with Crippen molar-refractivity contribution in [3.05, 3.63) is 62.8 Å². The number of ketones is 1. The largest absolute Gasteiger partial charge is 0.288 e. The first kappa shape index (κ1) is 13.1. The molecule has 2 rings (SSSR count). The Kier molecular flexibility index (Phi) is 3.73. The van der Waals surface area contributed by atoms with Crippen LogP contribution in [0.5, 0.6) is 0 Å². The van der Waals surface area contributed by atoms with E-state index in [1.54, 1.807) is 0 Å². The first-order chi connectivity index (χ1) is 8.52. The maximum atomic E-state index is 13.8. The van der Waals surface area contributed by atoms with Gasteiger partial charge in [-0.05, 0) is 34.1 Å². The first-order valence-electron chi connectivity index (χ1n) is 4.80. The molecular formula is C12H5BrClF2NO. The quantitative estimate of drug-likeness (QED) is 0.614. The van der Waals surface area contributed by atoms with Crippen LogP contribution in [0.15, 0.2) is 35.1 Å². The summed E-state index contributed by atoms with van der Waals surface area (Å²) in [4.78, 5) is 15.8. The van der Waals surface area contributed by atoms with E-state index < -0.39 is 23.0 Å². The second-order valence-electron chi connectivity index (χ2n) is 3.40. The van der Waals surface area contributed by atoms with Crippen molar-refractivity contribution in [2.45, 2.75) is 0 Å². The lowest BCUT2D eigenvalue weighted by Crippen LogP contribution is -2.08. The van der Waals surface area contributed by atoms with Crippen molar-refractivity contribution in [1.29, 1.82) is 0 Å². The minimum Gasteiger partial charge on any atom is -0.288 e. The Bertz CT molecular complexity index is 633. The molecule has 0 spiro atoms. The van der Waals surface area contributed by atoms with Crippen molar-refractivity contribution in [2.75, 3.05) is 0 Å². The normalized spacial score (nSPS) is 10.4. The van der Waals surface area contributed by atoms with Crippen LogP contribution in [0.4, 0.5) is 8.78 Å². The van der Waals surface area contributed by atoms with Crippen LogP contribution in [0, 0.1) is 11.6 Å². The third-order valence-corrected chi connectivity index (χ3v) is 3.20. The Morgan fingerprint density at radius 1 is 1.28 bits per heavy atom. The summed E-state index contributed by atoms with van der Waals surface area (Å²) < 4.78 is 27.3. The number of hydrogen-bond acceptors (Lipinski definition) is 2. The maximum Gasteiger partial charge on any atom is 0.200 e. The second kappa shape index (κ2) is 5.12. The van der Waals surface area contributed by atoms with Crippen molar-refractivity contribution in [3.8, 4) is 0 Å². The molecular weight excluding hydrogens is 327 g/mol. The van der Waals surface area contributed by atoms with Crippen molar-refractivity contribution < 1.29 is 13.6 Å². The van der Waals surface area contributed by atoms with E-state index in [4.69, 9.17) is 11.6 Å². The lowest BCUT2D eigenvalue weighted by Gasteiger charge is -2.06. The van der Waals surface area contributed by atoms with Gasteiger partial charge < -0.3 is 0 Å². The molecule has 6 heteroatoms. The highest BCUT2D eigenvalue weighted by atomic mass is 79.9. The van der Waals surface area contributed by atoms with Gasteiger partial charge in [-0.3, -0.25) is 9.78 Å². The van der Waals surface area contributed by atoms with Crippen LogP contribution in [0.25, 0.3) is 0 Å². The van der Waals surface area contributed by atoms with E-state index in [9.17, 15) is 13.6 Å². The third-order valence-electron chi connectivity index (χ3n) is 2.29. The molecule has 0 saturated carbocycles. The SMILES string of the molecule is O=C(c1ccncc1Cl)c1c(F)ccc(Br)c1F. The van der Waals surface area contributed by atoms with Crippen LogP contribution < -0.4 is 0 Å². The highest BCUT2D eigenvalue weighted by Gasteiger charge is 2.22. The number of aromatic nitrogens is 1. The zero-order valence-corrected chi connectivity index (χ0v) is 11.1. The van der Waals surface area contributed by atoms with Gasteiger partial charge in [0.1, 0.15) is 5.82 Å². The van der Waals surface area contributed by atoms with Crippen LogP contribution in [-0.4, -0.2) is 10.8 Å². The summed E-state index contributed by atoms with van der Waals surface area (Å²) in [6, 6.07) is 3.51. The average molecular weight is 333 g/mol. The fraction of sp³-hybridized carbons (Fsp3) is 0. The predicted octanol–water partition coefficient (Wildman–Crippen LogP) is 4.01. The van der Waals surface area contributed by atoms with Crippen LogP contribution in [0.1, 0.15) is 15.9 Å². The van der Waals surface area contributed by atoms with Crippen LogP contribution in [0.3, 0.4) is 0 Å². The topological polar surface area (TPSA) is 30.0 Å². The number of carbonyl (C=O) groups is 1. The number of nitrogens with zero attached hydrogens (tertiary/aromatic N) is 1. The van der Waals surface area contributed by atoms with E-state index in [2.05, 4.69) is 20.9 Å². The standard InChI is InChI=1S/C12H5BrClF2NO/c13-7-1-2-9(15)10(11(7)16)12(18)6-3-4-17-5-8(6)14/h1-5H. The first-order valence-corrected chi connectivity index (χ1v) is 5.97. The van der Waals surface area contributed by atoms with Crippen molar-refractivity contribution in [1.82, 2.24) is 4.98 Å². The third kappa shape index (κ3) is 2.28. The van der Waals surface area contributed by atoms with Gasteiger partial charge in [0.2, 0.25) is 5.78 Å². The van der Waals surface area contributed by atoms with Crippen molar-refractivity contribution in [3.63, 3.8) is 0 Å². The van der Waals surface area contributed by atoms with Gasteiger partial charge in [-0.1, -0.05) is 11.6 Å². The van der Waals surface area contributed by atoms with Crippen LogP contribution >= 0.6 is 27.5 Å². The molecule has 0 N–H and O–H groups in total. The van der Waals surface area contributed by atoms with E-state index in [1.165, 1.54) is 24.5 Å². The minimum absolute atomic E-state index is 0.00238. The minimum atomic E-state index is -0.951. The Labute approximate surface area is 115 Å². The van der Waals surface area contributed by atoms with Gasteiger partial charge in [0.05, 0.1) is 15.1 Å². The molecule has 1 aromatic carbocycles. The zero-order valence-electron chi connectivity index (χ0n) is 8.75. The molecule has 18 heavy (non-hydrogen) atoms. The molecule has 0 amide bonds. The smallest absolute Gasteiger partial charge is 0.200 e. The summed E-state index contributed by atoms with van der Waals surface area (Å²) >= 11 is 8.67. The Balaban J connectivity index is 2.61. The fourth-order valence-corrected chi connectivity index (χ4v) is 1.96. The molecule has 0 fully saturated rings. The second-order valence-corrected chi connectivity index (χ2v) is 4.66. The van der Waals surface area contributed by atoms with Crippen LogP contribution in [0.2, 0.25) is 5.02 Å². The molecule has 0 saturated heterocycles. The van der Waals surface area contributed by atoms with Gasteiger partial charge in [0.25, 0.3) is 0 Å². The van der Waals surface area contributed by atoms with Gasteiger partial charge in [0.15, 0.2) is 5.82 Å². The Morgan fingerprint density at radius 3 is 2.67 bits per heavy atom. The molecule has 0 atom stereocenters. The van der Waals surface area contributed by atoms with E-state index >= 15 is 0 Å². The molecule has 0 aliphatic rings. The summed E-state index contributed by atoms with van der Waals surface area (Å²) in [5.74, 6) is -2.71. The van der Waals surface area contributed by atoms with Gasteiger partial charge in [-0.2, -0.15) is 0 Å². The summed E-state index contributed by atoms with van der Waals surface area (Å²) in [6.07, 6.45) is 2.56. The number of carbonyl (C=O) groups excluding carboxylic acids is 1. The molecule has 0 aliphatic carbocycles. The molecule has 0 radical (unpaired) electrons. The summed E-state index contributed by atoms with van der Waals surface area (Å²) in [5, 5.41) is 0.0428. The number of pyridine rings is 1. The van der Waals surface area contributed by atoms with E-state index in [1.807, 2.05) is 0 Å². The molecule has 92 valence electrons. The summed E-state index contributed by atoms with van der Waals surface area (Å²) in [5.41, 5.74) is -0.639. The number of rotatable bonds is 2. The molecule has 1 heterocycles. The molecule has 0 aliphatic heterocycles. The van der Waals surface area contributed by atoms with Crippen molar-refractivity contribution in [2.24, 2.45) is 0 Å². The van der Waals surface area contributed by atoms with E-state index in [0.717, 1.165) is 6.07 Å². The molecule has 1 aromatic heterocycles. The highest BCUT2D eigenvalue weighted by Crippen LogP contribution is 2.26. The van der Waals surface area contributed by atoms with Crippen LogP contribution in [-0.2, 0) is 0 Å². The number of hydrogen-bond donors (Lipinski definition) is 0. The number of benzene rings is 1. The molecule has 0 bridgehead atoms. The van der Waals surface area contributed by atoms with Gasteiger partial charge in [-0.15, -0.1) is 0 Å². The summed E-state index contributed by atoms with van der Waals surface area (Å²) in [6.45, 7) is 0. The lowest BCUT2D eigenvalue weighted by molar-refractivity contribution is 0.103. The fourth-order valence-electron chi connectivity index (χ4n) is 1.43. The molecule has 2 nitrogen and oxygen atoms in total. The predicted molar refractivity (Wildman–Crippen MR) is 66.7 cm³/mol. The maximum absolute atomic E-state index is 13.8. The molecule has 0 unspecified atom stereocenters. The van der Waals surface area contributed by atoms with E-state index in [-0.39, 0.29) is 15.1 Å². The van der Waals surface area contributed by atoms with Gasteiger partial charge in [0, 0.05) is 18.0 Å². The lowest BCUT2D eigenvalue weighted by atomic mass is 10.0. The zero-order chi connectivity index (χ0) is 13.3. The highest BCUT2D eigenvalue weighted by molar-refractivity contribution is 9.10. The van der Waals surface area contributed by atoms with Gasteiger partial charge >= 0.3 is 0 Å². The molecule has 2 aromatic rings. The number of halogens is 4. The van der Waals surface area contributed by atoms with Crippen molar-refractivity contribution >= 4 is 33.3 Å². The average Bonchev–Trinajstić information content (AvgIpc) is 2.35. The monoisotopic (exact) mass is 331 g/mol. The van der Waals surface area contributed by atoms with Gasteiger partial charge in [-0.25, -0.2) is 8.78 Å². The Hall–Kier alpha value is -1.33. The summed E-state index contributed by atoms with van der Waals surface area (Å²) in [7, 11) is 0. The van der Waals surface area contributed by atoms with E-state index in [0.29, 0.717) is 0 Å².